The van der Waals surface area contributed by atoms with Crippen molar-refractivity contribution in [2.75, 3.05) is 31.6 Å². The minimum Gasteiger partial charge on any atom is -0.377 e. The van der Waals surface area contributed by atoms with Gasteiger partial charge in [-0.05, 0) is 38.2 Å². The third kappa shape index (κ3) is 4.02. The van der Waals surface area contributed by atoms with E-state index in [1.807, 2.05) is 0 Å². The highest BCUT2D eigenvalue weighted by Crippen LogP contribution is 2.24. The Morgan fingerprint density at radius 1 is 1.46 bits per heavy atom. The summed E-state index contributed by atoms with van der Waals surface area (Å²) in [6, 6.07) is 3.58. The number of aromatic nitrogens is 1. The van der Waals surface area contributed by atoms with E-state index in [1.54, 1.807) is 13.0 Å². The van der Waals surface area contributed by atoms with Gasteiger partial charge in [0.25, 0.3) is 5.69 Å². The summed E-state index contributed by atoms with van der Waals surface area (Å²) in [5.74, 6) is 1.22. The summed E-state index contributed by atoms with van der Waals surface area (Å²) in [6.45, 7) is 7.96. The van der Waals surface area contributed by atoms with Crippen molar-refractivity contribution in [1.82, 2.24) is 9.88 Å². The number of nitrogens with one attached hydrogen (secondary N) is 1. The first-order valence-electron chi connectivity index (χ1n) is 8.75. The Labute approximate surface area is 142 Å². The zero-order valence-corrected chi connectivity index (χ0v) is 14.4. The molecule has 24 heavy (non-hydrogen) atoms. The summed E-state index contributed by atoms with van der Waals surface area (Å²) in [6.07, 6.45) is 3.81. The average Bonchev–Trinajstić information content (AvgIpc) is 3.03. The van der Waals surface area contributed by atoms with E-state index in [4.69, 9.17) is 4.74 Å². The van der Waals surface area contributed by atoms with Crippen molar-refractivity contribution in [2.45, 2.75) is 45.3 Å². The summed E-state index contributed by atoms with van der Waals surface area (Å²) in [5.41, 5.74) is 0.522. The van der Waals surface area contributed by atoms with E-state index in [0.29, 0.717) is 23.8 Å². The van der Waals surface area contributed by atoms with Crippen LogP contribution in [0.3, 0.4) is 0 Å². The SMILES string of the molecule is Cc1nc(N[C@@H]2CCN(C[C@H]3CCCO3)C[C@H]2C)ccc1[N+](=O)[O-]. The molecule has 2 aliphatic rings. The molecule has 2 aliphatic heterocycles. The number of nitrogens with zero attached hydrogens (tertiary/aromatic N) is 3. The average molecular weight is 334 g/mol. The number of ether oxygens (including phenoxy) is 1. The molecule has 0 spiro atoms. The molecule has 0 amide bonds. The number of hydrogen-bond donors (Lipinski definition) is 1. The topological polar surface area (TPSA) is 80.5 Å². The summed E-state index contributed by atoms with van der Waals surface area (Å²) in [7, 11) is 0. The zero-order chi connectivity index (χ0) is 17.1. The van der Waals surface area contributed by atoms with Crippen LogP contribution in [0.25, 0.3) is 0 Å². The van der Waals surface area contributed by atoms with E-state index >= 15 is 0 Å². The molecule has 0 aliphatic carbocycles. The molecular weight excluding hydrogens is 308 g/mol. The molecule has 0 radical (unpaired) electrons. The summed E-state index contributed by atoms with van der Waals surface area (Å²) >= 11 is 0. The molecule has 3 rings (SSSR count). The summed E-state index contributed by atoms with van der Waals surface area (Å²) < 4.78 is 5.73. The molecule has 2 fully saturated rings. The van der Waals surface area contributed by atoms with Gasteiger partial charge in [-0.25, -0.2) is 4.98 Å². The van der Waals surface area contributed by atoms with Crippen LogP contribution in [0.15, 0.2) is 12.1 Å². The third-order valence-corrected chi connectivity index (χ3v) is 5.06. The molecule has 2 saturated heterocycles. The number of anilines is 1. The van der Waals surface area contributed by atoms with Crippen LogP contribution < -0.4 is 5.32 Å². The lowest BCUT2D eigenvalue weighted by Crippen LogP contribution is -2.47. The number of rotatable bonds is 5. The van der Waals surface area contributed by atoms with E-state index in [0.717, 1.165) is 38.5 Å². The van der Waals surface area contributed by atoms with Crippen molar-refractivity contribution in [3.05, 3.63) is 27.9 Å². The van der Waals surface area contributed by atoms with Crippen molar-refractivity contribution in [3.8, 4) is 0 Å². The van der Waals surface area contributed by atoms with Gasteiger partial charge in [0, 0.05) is 38.3 Å². The first-order valence-corrected chi connectivity index (χ1v) is 8.75. The summed E-state index contributed by atoms with van der Waals surface area (Å²) in [5, 5.41) is 14.3. The van der Waals surface area contributed by atoms with E-state index in [1.165, 1.54) is 18.9 Å². The van der Waals surface area contributed by atoms with Gasteiger partial charge in [0.15, 0.2) is 0 Å². The molecule has 132 valence electrons. The van der Waals surface area contributed by atoms with Crippen molar-refractivity contribution in [3.63, 3.8) is 0 Å². The fourth-order valence-electron chi connectivity index (χ4n) is 3.71. The molecule has 0 aromatic carbocycles. The molecule has 0 saturated carbocycles. The van der Waals surface area contributed by atoms with Gasteiger partial charge in [-0.1, -0.05) is 6.92 Å². The molecular formula is C17H26N4O3. The Morgan fingerprint density at radius 3 is 2.92 bits per heavy atom. The van der Waals surface area contributed by atoms with Crippen molar-refractivity contribution >= 4 is 11.5 Å². The number of nitro groups is 1. The molecule has 1 aromatic rings. The second-order valence-electron chi connectivity index (χ2n) is 6.97. The largest absolute Gasteiger partial charge is 0.377 e. The highest BCUT2D eigenvalue weighted by molar-refractivity contribution is 5.45. The Balaban J connectivity index is 1.55. The van der Waals surface area contributed by atoms with Crippen molar-refractivity contribution in [2.24, 2.45) is 5.92 Å². The molecule has 7 heteroatoms. The van der Waals surface area contributed by atoms with E-state index in [-0.39, 0.29) is 5.69 Å². The standard InChI is InChI=1S/C17H26N4O3/c1-12-10-20(11-14-4-3-9-24-14)8-7-15(12)19-17-6-5-16(21(22)23)13(2)18-17/h5-6,12,14-15H,3-4,7-11H2,1-2H3,(H,18,19)/t12-,14-,15-/m1/s1. The quantitative estimate of drug-likeness (QED) is 0.658. The number of aryl methyl sites for hydroxylation is 1. The predicted molar refractivity (Wildman–Crippen MR) is 92.2 cm³/mol. The van der Waals surface area contributed by atoms with Crippen molar-refractivity contribution < 1.29 is 9.66 Å². The third-order valence-electron chi connectivity index (χ3n) is 5.06. The van der Waals surface area contributed by atoms with Crippen LogP contribution in [0.5, 0.6) is 0 Å². The van der Waals surface area contributed by atoms with Gasteiger partial charge < -0.3 is 15.0 Å². The van der Waals surface area contributed by atoms with E-state index in [9.17, 15) is 10.1 Å². The minimum atomic E-state index is -0.391. The van der Waals surface area contributed by atoms with Crippen LogP contribution >= 0.6 is 0 Å². The first kappa shape index (κ1) is 17.1. The summed E-state index contributed by atoms with van der Waals surface area (Å²) in [4.78, 5) is 17.3. The van der Waals surface area contributed by atoms with Crippen LogP contribution in [-0.4, -0.2) is 53.2 Å². The fraction of sp³-hybridized carbons (Fsp3) is 0.706. The second-order valence-corrected chi connectivity index (χ2v) is 6.97. The van der Waals surface area contributed by atoms with Crippen LogP contribution in [0.2, 0.25) is 0 Å². The smallest absolute Gasteiger partial charge is 0.290 e. The predicted octanol–water partition coefficient (Wildman–Crippen LogP) is 2.60. The maximum absolute atomic E-state index is 10.9. The fourth-order valence-corrected chi connectivity index (χ4v) is 3.71. The highest BCUT2D eigenvalue weighted by Gasteiger charge is 2.29. The monoisotopic (exact) mass is 334 g/mol. The molecule has 1 N–H and O–H groups in total. The van der Waals surface area contributed by atoms with Gasteiger partial charge >= 0.3 is 0 Å². The maximum Gasteiger partial charge on any atom is 0.290 e. The molecule has 3 atom stereocenters. The van der Waals surface area contributed by atoms with Crippen molar-refractivity contribution in [1.29, 1.82) is 0 Å². The maximum atomic E-state index is 10.9. The van der Waals surface area contributed by atoms with Crippen LogP contribution in [-0.2, 0) is 4.74 Å². The van der Waals surface area contributed by atoms with Gasteiger partial charge in [-0.3, -0.25) is 10.1 Å². The van der Waals surface area contributed by atoms with Crippen LogP contribution in [0.1, 0.15) is 31.9 Å². The normalized spacial score (nSPS) is 28.0. The number of hydrogen-bond acceptors (Lipinski definition) is 6. The molecule has 7 nitrogen and oxygen atoms in total. The first-order chi connectivity index (χ1) is 11.5. The van der Waals surface area contributed by atoms with Gasteiger partial charge in [-0.15, -0.1) is 0 Å². The Kier molecular flexibility index (Phi) is 5.30. The molecule has 3 heterocycles. The van der Waals surface area contributed by atoms with Gasteiger partial charge in [0.05, 0.1) is 11.0 Å². The number of likely N-dealkylation sites (tertiary alicyclic amines) is 1. The van der Waals surface area contributed by atoms with Crippen LogP contribution in [0, 0.1) is 23.0 Å². The van der Waals surface area contributed by atoms with Gasteiger partial charge in [0.2, 0.25) is 0 Å². The Morgan fingerprint density at radius 2 is 2.29 bits per heavy atom. The minimum absolute atomic E-state index is 0.0694. The molecule has 0 unspecified atom stereocenters. The second kappa shape index (κ2) is 7.44. The lowest BCUT2D eigenvalue weighted by Gasteiger charge is -2.38. The van der Waals surface area contributed by atoms with Crippen LogP contribution in [0.4, 0.5) is 11.5 Å². The Bertz CT molecular complexity index is 589. The number of pyridine rings is 1. The lowest BCUT2D eigenvalue weighted by molar-refractivity contribution is -0.385. The van der Waals surface area contributed by atoms with E-state index in [2.05, 4.69) is 22.1 Å². The lowest BCUT2D eigenvalue weighted by atomic mass is 9.93. The van der Waals surface area contributed by atoms with Gasteiger partial charge in [0.1, 0.15) is 11.5 Å². The van der Waals surface area contributed by atoms with Gasteiger partial charge in [-0.2, -0.15) is 0 Å². The van der Waals surface area contributed by atoms with E-state index < -0.39 is 4.92 Å². The zero-order valence-electron chi connectivity index (χ0n) is 14.4. The number of piperidine rings is 1. The molecule has 0 bridgehead atoms. The highest BCUT2D eigenvalue weighted by atomic mass is 16.6. The molecule has 1 aromatic heterocycles. The Hall–Kier alpha value is -1.73.